The predicted molar refractivity (Wildman–Crippen MR) is 97.4 cm³/mol. The average molecular weight is 368 g/mol. The number of aliphatic hydroxyl groups is 2. The molecule has 0 unspecified atom stereocenters. The van der Waals surface area contributed by atoms with E-state index in [4.69, 9.17) is 4.74 Å². The summed E-state index contributed by atoms with van der Waals surface area (Å²) in [6.07, 6.45) is 4.23. The Morgan fingerprint density at radius 2 is 2.08 bits per heavy atom. The number of aliphatic hydroxyl groups excluding tert-OH is 2. The third-order valence-electron chi connectivity index (χ3n) is 4.97. The minimum atomic E-state index is -0.824. The van der Waals surface area contributed by atoms with E-state index < -0.39 is 35.7 Å². The smallest absolute Gasteiger partial charge is 0.407 e. The van der Waals surface area contributed by atoms with Gasteiger partial charge in [-0.25, -0.2) is 4.79 Å². The second kappa shape index (κ2) is 8.39. The van der Waals surface area contributed by atoms with Gasteiger partial charge >= 0.3 is 6.09 Å². The molecule has 26 heavy (non-hydrogen) atoms. The summed E-state index contributed by atoms with van der Waals surface area (Å²) in [6, 6.07) is -0.893. The molecule has 3 N–H and O–H groups in total. The summed E-state index contributed by atoms with van der Waals surface area (Å²) in [6.45, 7) is 7.70. The number of hydrogen-bond acceptors (Lipinski definition) is 5. The molecule has 0 aromatic heterocycles. The summed E-state index contributed by atoms with van der Waals surface area (Å²) in [5.41, 5.74) is -0.650. The Hall–Kier alpha value is -1.60. The van der Waals surface area contributed by atoms with E-state index in [1.165, 1.54) is 0 Å². The number of nitrogens with one attached hydrogen (secondary N) is 1. The zero-order valence-corrected chi connectivity index (χ0v) is 16.1. The maximum absolute atomic E-state index is 13.0. The summed E-state index contributed by atoms with van der Waals surface area (Å²) in [4.78, 5) is 27.0. The molecule has 1 aliphatic carbocycles. The number of amides is 2. The molecule has 7 nitrogen and oxygen atoms in total. The van der Waals surface area contributed by atoms with Gasteiger partial charge < -0.3 is 25.2 Å². The van der Waals surface area contributed by atoms with E-state index in [2.05, 4.69) is 5.32 Å². The van der Waals surface area contributed by atoms with E-state index in [1.54, 1.807) is 31.7 Å². The lowest BCUT2D eigenvalue weighted by atomic mass is 9.77. The molecule has 1 fully saturated rings. The molecule has 3 rings (SSSR count). The van der Waals surface area contributed by atoms with Crippen molar-refractivity contribution in [3.8, 4) is 0 Å². The Balaban J connectivity index is 2.26. The highest BCUT2D eigenvalue weighted by Crippen LogP contribution is 2.33. The van der Waals surface area contributed by atoms with Gasteiger partial charge in [0.25, 0.3) is 0 Å². The van der Waals surface area contributed by atoms with Crippen LogP contribution < -0.4 is 5.32 Å². The Kier molecular flexibility index (Phi) is 6.69. The van der Waals surface area contributed by atoms with E-state index in [0.717, 1.165) is 12.8 Å². The van der Waals surface area contributed by atoms with Crippen molar-refractivity contribution in [1.82, 2.24) is 10.2 Å². The summed E-state index contributed by atoms with van der Waals surface area (Å²) in [5, 5.41) is 23.2. The molecule has 0 radical (unpaired) electrons. The zero-order valence-electron chi connectivity index (χ0n) is 16.1. The Bertz CT molecular complexity index is 543. The molecular weight excluding hydrogens is 336 g/mol. The van der Waals surface area contributed by atoms with Crippen molar-refractivity contribution in [2.75, 3.05) is 13.2 Å². The number of nitrogens with zero attached hydrogens (tertiary/aromatic N) is 1. The van der Waals surface area contributed by atoms with Crippen molar-refractivity contribution in [2.24, 2.45) is 11.8 Å². The molecule has 0 aromatic carbocycles. The first kappa shape index (κ1) is 20.7. The maximum Gasteiger partial charge on any atom is 0.407 e. The molecule has 148 valence electrons. The van der Waals surface area contributed by atoms with Crippen LogP contribution in [0.3, 0.4) is 0 Å². The second-order valence-corrected chi connectivity index (χ2v) is 8.19. The predicted octanol–water partition coefficient (Wildman–Crippen LogP) is 1.44. The third-order valence-corrected chi connectivity index (χ3v) is 4.97. The highest BCUT2D eigenvalue weighted by molar-refractivity contribution is 5.84. The first-order valence-corrected chi connectivity index (χ1v) is 9.45. The van der Waals surface area contributed by atoms with E-state index in [-0.39, 0.29) is 25.0 Å². The van der Waals surface area contributed by atoms with Crippen LogP contribution in [0, 0.1) is 11.8 Å². The fraction of sp³-hybridized carbons (Fsp3) is 0.789. The van der Waals surface area contributed by atoms with Crippen LogP contribution in [0.4, 0.5) is 4.79 Å². The third kappa shape index (κ3) is 4.76. The van der Waals surface area contributed by atoms with Crippen molar-refractivity contribution < 1.29 is 24.5 Å². The molecule has 7 heteroatoms. The van der Waals surface area contributed by atoms with Crippen molar-refractivity contribution in [1.29, 1.82) is 0 Å². The normalized spacial score (nSPS) is 31.5. The monoisotopic (exact) mass is 368 g/mol. The van der Waals surface area contributed by atoms with Crippen LogP contribution >= 0.6 is 0 Å². The van der Waals surface area contributed by atoms with Crippen LogP contribution in [-0.4, -0.2) is 64.1 Å². The van der Waals surface area contributed by atoms with Crippen LogP contribution in [-0.2, 0) is 9.53 Å². The molecule has 2 bridgehead atoms. The minimum Gasteiger partial charge on any atom is -0.444 e. The second-order valence-electron chi connectivity index (χ2n) is 8.19. The van der Waals surface area contributed by atoms with Crippen LogP contribution in [0.2, 0.25) is 0 Å². The minimum absolute atomic E-state index is 0.0719. The number of hydrogen-bond donors (Lipinski definition) is 3. The van der Waals surface area contributed by atoms with E-state index >= 15 is 0 Å². The first-order chi connectivity index (χ1) is 12.2. The lowest BCUT2D eigenvalue weighted by molar-refractivity contribution is -0.142. The first-order valence-electron chi connectivity index (χ1n) is 9.45. The molecule has 0 aromatic rings. The standard InChI is InChI=1S/C19H32N2O5/c1-5-6-9-21-15-8-7-12(17(21)24)14(10-16(23)13(15)11-22)20-18(25)26-19(2,3)4/h7-8,12-16,22-23H,5-6,9-11H2,1-4H3,(H,20,25)/t12-,13-,14-,15+,16-/m1/s1. The van der Waals surface area contributed by atoms with E-state index in [9.17, 15) is 19.8 Å². The number of carbonyl (C=O) groups excluding carboxylic acids is 2. The summed E-state index contributed by atoms with van der Waals surface area (Å²) in [7, 11) is 0. The van der Waals surface area contributed by atoms with Crippen molar-refractivity contribution >= 4 is 12.0 Å². The molecule has 1 saturated heterocycles. The molecule has 5 atom stereocenters. The van der Waals surface area contributed by atoms with Gasteiger partial charge in [-0.05, 0) is 33.6 Å². The van der Waals surface area contributed by atoms with Crippen molar-refractivity contribution in [2.45, 2.75) is 70.7 Å². The zero-order chi connectivity index (χ0) is 19.5. The Labute approximate surface area is 155 Å². The number of rotatable bonds is 5. The summed E-state index contributed by atoms with van der Waals surface area (Å²) in [5.74, 6) is -1.08. The number of fused-ring (bicyclic) bond motifs is 4. The lowest BCUT2D eigenvalue weighted by Gasteiger charge is -2.46. The van der Waals surface area contributed by atoms with Gasteiger partial charge in [0.1, 0.15) is 5.60 Å². The topological polar surface area (TPSA) is 99.1 Å². The molecule has 3 aliphatic rings. The van der Waals surface area contributed by atoms with Gasteiger partial charge in [0.15, 0.2) is 0 Å². The van der Waals surface area contributed by atoms with Gasteiger partial charge in [-0.3, -0.25) is 4.79 Å². The molecule has 2 aliphatic heterocycles. The quantitative estimate of drug-likeness (QED) is 0.638. The van der Waals surface area contributed by atoms with E-state index in [1.807, 2.05) is 13.0 Å². The fourth-order valence-electron chi connectivity index (χ4n) is 3.67. The van der Waals surface area contributed by atoms with Crippen LogP contribution in [0.5, 0.6) is 0 Å². The van der Waals surface area contributed by atoms with Crippen molar-refractivity contribution in [3.63, 3.8) is 0 Å². The summed E-state index contributed by atoms with van der Waals surface area (Å²) >= 11 is 0. The molecule has 0 spiro atoms. The van der Waals surface area contributed by atoms with Gasteiger partial charge in [0, 0.05) is 18.5 Å². The summed E-state index contributed by atoms with van der Waals surface area (Å²) < 4.78 is 5.30. The largest absolute Gasteiger partial charge is 0.444 e. The number of carbonyl (C=O) groups is 2. The highest BCUT2D eigenvalue weighted by Gasteiger charge is 2.45. The Morgan fingerprint density at radius 3 is 2.65 bits per heavy atom. The molecular formula is C19H32N2O5. The Morgan fingerprint density at radius 1 is 1.38 bits per heavy atom. The van der Waals surface area contributed by atoms with Crippen LogP contribution in [0.1, 0.15) is 47.0 Å². The van der Waals surface area contributed by atoms with Crippen LogP contribution in [0.25, 0.3) is 0 Å². The van der Waals surface area contributed by atoms with E-state index in [0.29, 0.717) is 6.54 Å². The molecule has 2 amide bonds. The van der Waals surface area contributed by atoms with Gasteiger partial charge in [0.2, 0.25) is 5.91 Å². The number of alkyl carbamates (subject to hydrolysis) is 1. The average Bonchev–Trinajstić information content (AvgIpc) is 2.51. The van der Waals surface area contributed by atoms with Gasteiger partial charge in [-0.15, -0.1) is 0 Å². The van der Waals surface area contributed by atoms with Gasteiger partial charge in [-0.1, -0.05) is 25.5 Å². The lowest BCUT2D eigenvalue weighted by Crippen LogP contribution is -2.60. The number of unbranched alkanes of at least 4 members (excludes halogenated alkanes) is 1. The maximum atomic E-state index is 13.0. The van der Waals surface area contributed by atoms with Gasteiger partial charge in [0.05, 0.1) is 24.7 Å². The molecule has 2 heterocycles. The molecule has 0 saturated carbocycles. The highest BCUT2D eigenvalue weighted by atomic mass is 16.6. The number of ether oxygens (including phenoxy) is 1. The SMILES string of the molecule is CCCCN1C(=O)[C@@H]2C=C[C@H]1[C@@H](CO)[C@H](O)C[C@H]2NC(=O)OC(C)(C)C. The van der Waals surface area contributed by atoms with Crippen LogP contribution in [0.15, 0.2) is 12.2 Å². The fourth-order valence-corrected chi connectivity index (χ4v) is 3.67. The van der Waals surface area contributed by atoms with Crippen molar-refractivity contribution in [3.05, 3.63) is 12.2 Å². The van der Waals surface area contributed by atoms with Gasteiger partial charge in [-0.2, -0.15) is 0 Å².